The average Bonchev–Trinajstić information content (AvgIpc) is 3.07. The van der Waals surface area contributed by atoms with Crippen LogP contribution < -0.4 is 4.72 Å². The Bertz CT molecular complexity index is 685. The van der Waals surface area contributed by atoms with E-state index in [1.54, 1.807) is 0 Å². The lowest BCUT2D eigenvalue weighted by Crippen LogP contribution is -2.37. The summed E-state index contributed by atoms with van der Waals surface area (Å²) >= 11 is 1.30. The van der Waals surface area contributed by atoms with Gasteiger partial charge in [0.15, 0.2) is 5.13 Å². The molecule has 2 aliphatic rings. The third-order valence-electron chi connectivity index (χ3n) is 3.75. The van der Waals surface area contributed by atoms with Crippen molar-refractivity contribution < 1.29 is 17.9 Å². The second-order valence-corrected chi connectivity index (χ2v) is 8.44. The zero-order valence-electron chi connectivity index (χ0n) is 12.5. The highest BCUT2D eigenvalue weighted by Crippen LogP contribution is 2.37. The molecule has 0 aromatic carbocycles. The zero-order chi connectivity index (χ0) is 15.9. The maximum atomic E-state index is 12.4. The Morgan fingerprint density at radius 2 is 2.32 bits per heavy atom. The van der Waals surface area contributed by atoms with Crippen molar-refractivity contribution in [2.45, 2.75) is 32.4 Å². The molecular weight excluding hydrogens is 326 g/mol. The lowest BCUT2D eigenvalue weighted by molar-refractivity contribution is -0.134. The quantitative estimate of drug-likeness (QED) is 0.854. The van der Waals surface area contributed by atoms with Crippen LogP contribution in [-0.2, 0) is 32.5 Å². The molecule has 0 bridgehead atoms. The monoisotopic (exact) mass is 345 g/mol. The lowest BCUT2D eigenvalue weighted by Gasteiger charge is -2.26. The molecule has 7 nitrogen and oxygen atoms in total. The van der Waals surface area contributed by atoms with Gasteiger partial charge in [0, 0.05) is 24.4 Å². The van der Waals surface area contributed by atoms with E-state index in [2.05, 4.69) is 9.71 Å². The largest absolute Gasteiger partial charge is 0.378 e. The van der Waals surface area contributed by atoms with Crippen LogP contribution in [0, 0.1) is 5.92 Å². The van der Waals surface area contributed by atoms with Crippen LogP contribution in [0.1, 0.15) is 23.9 Å². The summed E-state index contributed by atoms with van der Waals surface area (Å²) in [6, 6.07) is 0. The van der Waals surface area contributed by atoms with Gasteiger partial charge in [0.25, 0.3) is 0 Å². The zero-order valence-corrected chi connectivity index (χ0v) is 14.2. The average molecular weight is 345 g/mol. The maximum Gasteiger partial charge on any atom is 0.231 e. The van der Waals surface area contributed by atoms with Crippen molar-refractivity contribution in [1.29, 1.82) is 0 Å². The van der Waals surface area contributed by atoms with Crippen molar-refractivity contribution in [3.8, 4) is 0 Å². The molecule has 1 saturated carbocycles. The first-order valence-corrected chi connectivity index (χ1v) is 9.95. The van der Waals surface area contributed by atoms with Gasteiger partial charge in [-0.1, -0.05) is 11.3 Å². The number of fused-ring (bicyclic) bond motifs is 1. The van der Waals surface area contributed by atoms with E-state index in [-0.39, 0.29) is 17.9 Å². The van der Waals surface area contributed by atoms with E-state index >= 15 is 0 Å². The number of anilines is 1. The first-order valence-electron chi connectivity index (χ1n) is 7.24. The molecular formula is C13H19N3O4S2. The lowest BCUT2D eigenvalue weighted by atomic mass is 10.1. The third kappa shape index (κ3) is 3.41. The number of carbonyl (C=O) groups is 1. The van der Waals surface area contributed by atoms with Crippen LogP contribution in [0.5, 0.6) is 0 Å². The topological polar surface area (TPSA) is 88.6 Å². The second-order valence-electron chi connectivity index (χ2n) is 5.61. The van der Waals surface area contributed by atoms with Gasteiger partial charge >= 0.3 is 0 Å². The molecule has 122 valence electrons. The summed E-state index contributed by atoms with van der Waals surface area (Å²) in [6.45, 7) is 3.70. The second kappa shape index (κ2) is 5.78. The molecule has 1 aliphatic heterocycles. The first kappa shape index (κ1) is 15.7. The Labute approximate surface area is 133 Å². The van der Waals surface area contributed by atoms with Crippen molar-refractivity contribution in [2.75, 3.05) is 24.1 Å². The van der Waals surface area contributed by atoms with E-state index in [4.69, 9.17) is 4.74 Å². The molecule has 3 rings (SSSR count). The highest BCUT2D eigenvalue weighted by molar-refractivity contribution is 7.92. The predicted molar refractivity (Wildman–Crippen MR) is 83.2 cm³/mol. The Morgan fingerprint density at radius 1 is 1.55 bits per heavy atom. The van der Waals surface area contributed by atoms with Gasteiger partial charge in [0.1, 0.15) is 0 Å². The molecule has 2 heterocycles. The Hall–Kier alpha value is -1.19. The summed E-state index contributed by atoms with van der Waals surface area (Å²) in [5, 5.41) is 0.375. The van der Waals surface area contributed by atoms with E-state index in [9.17, 15) is 13.2 Å². The van der Waals surface area contributed by atoms with Crippen molar-refractivity contribution in [2.24, 2.45) is 5.92 Å². The highest BCUT2D eigenvalue weighted by atomic mass is 32.2. The van der Waals surface area contributed by atoms with Gasteiger partial charge in [0.05, 0.1) is 30.5 Å². The number of hydrogen-bond donors (Lipinski definition) is 1. The van der Waals surface area contributed by atoms with Gasteiger partial charge in [-0.3, -0.25) is 9.52 Å². The third-order valence-corrected chi connectivity index (χ3v) is 5.44. The van der Waals surface area contributed by atoms with Crippen LogP contribution in [-0.4, -0.2) is 49.7 Å². The Kier molecular flexibility index (Phi) is 4.13. The molecule has 1 N–H and O–H groups in total. The van der Waals surface area contributed by atoms with Crippen molar-refractivity contribution in [3.63, 3.8) is 0 Å². The minimum absolute atomic E-state index is 0.0111. The Balaban J connectivity index is 1.65. The van der Waals surface area contributed by atoms with Gasteiger partial charge < -0.3 is 9.64 Å². The van der Waals surface area contributed by atoms with Crippen LogP contribution >= 0.6 is 11.3 Å². The summed E-state index contributed by atoms with van der Waals surface area (Å²) in [4.78, 5) is 19.5. The number of nitrogens with zero attached hydrogens (tertiary/aromatic N) is 2. The van der Waals surface area contributed by atoms with E-state index in [0.717, 1.165) is 23.2 Å². The number of thiazole rings is 1. The molecule has 1 aliphatic carbocycles. The normalized spacial score (nSPS) is 24.0. The van der Waals surface area contributed by atoms with Crippen molar-refractivity contribution >= 4 is 32.4 Å². The number of aromatic nitrogens is 1. The fraction of sp³-hybridized carbons (Fsp3) is 0.692. The summed E-state index contributed by atoms with van der Waals surface area (Å²) < 4.78 is 30.4. The number of sulfonamides is 1. The standard InChI is InChI=1S/C13H19N3O4S2/c1-3-20-10-6-8(10)12(17)16-5-4-9-11(7-16)21-13(14-9)15-22(2,18)19/h8,10H,3-7H2,1-2H3,(H,14,15). The fourth-order valence-corrected chi connectivity index (χ4v) is 4.51. The molecule has 0 saturated heterocycles. The van der Waals surface area contributed by atoms with Gasteiger partial charge in [-0.2, -0.15) is 0 Å². The SMILES string of the molecule is CCOC1CC1C(=O)N1CCc2nc(NS(C)(=O)=O)sc2C1. The van der Waals surface area contributed by atoms with Crippen LogP contribution in [0.15, 0.2) is 0 Å². The number of hydrogen-bond acceptors (Lipinski definition) is 6. The van der Waals surface area contributed by atoms with Crippen molar-refractivity contribution in [3.05, 3.63) is 10.6 Å². The van der Waals surface area contributed by atoms with Crippen molar-refractivity contribution in [1.82, 2.24) is 9.88 Å². The summed E-state index contributed by atoms with van der Waals surface area (Å²) in [5.74, 6) is 0.123. The van der Waals surface area contributed by atoms with E-state index in [1.807, 2.05) is 11.8 Å². The molecule has 0 radical (unpaired) electrons. The molecule has 1 aromatic rings. The minimum atomic E-state index is -3.32. The summed E-state index contributed by atoms with van der Waals surface area (Å²) in [5.41, 5.74) is 0.886. The molecule has 2 atom stereocenters. The fourth-order valence-electron chi connectivity index (χ4n) is 2.65. The maximum absolute atomic E-state index is 12.4. The Morgan fingerprint density at radius 3 is 3.00 bits per heavy atom. The van der Waals surface area contributed by atoms with E-state index < -0.39 is 10.0 Å². The van der Waals surface area contributed by atoms with Gasteiger partial charge in [-0.15, -0.1) is 0 Å². The summed E-state index contributed by atoms with van der Waals surface area (Å²) in [6.07, 6.45) is 2.64. The molecule has 1 amide bonds. The molecule has 0 spiro atoms. The number of carbonyl (C=O) groups excluding carboxylic acids is 1. The molecule has 2 unspecified atom stereocenters. The smallest absolute Gasteiger partial charge is 0.231 e. The van der Waals surface area contributed by atoms with Crippen LogP contribution in [0.4, 0.5) is 5.13 Å². The van der Waals surface area contributed by atoms with E-state index in [0.29, 0.717) is 31.2 Å². The molecule has 9 heteroatoms. The van der Waals surface area contributed by atoms with Gasteiger partial charge in [0.2, 0.25) is 15.9 Å². The predicted octanol–water partition coefficient (Wildman–Crippen LogP) is 0.824. The number of amides is 1. The molecule has 22 heavy (non-hydrogen) atoms. The van der Waals surface area contributed by atoms with Crippen LogP contribution in [0.2, 0.25) is 0 Å². The van der Waals surface area contributed by atoms with Crippen LogP contribution in [0.25, 0.3) is 0 Å². The number of ether oxygens (including phenoxy) is 1. The number of nitrogens with one attached hydrogen (secondary N) is 1. The minimum Gasteiger partial charge on any atom is -0.378 e. The first-order chi connectivity index (χ1) is 10.4. The van der Waals surface area contributed by atoms with E-state index in [1.165, 1.54) is 11.3 Å². The summed E-state index contributed by atoms with van der Waals surface area (Å²) in [7, 11) is -3.32. The number of rotatable bonds is 5. The molecule has 1 fully saturated rings. The van der Waals surface area contributed by atoms with Gasteiger partial charge in [-0.25, -0.2) is 13.4 Å². The van der Waals surface area contributed by atoms with Crippen LogP contribution in [0.3, 0.4) is 0 Å². The highest BCUT2D eigenvalue weighted by Gasteiger charge is 2.46. The molecule has 1 aromatic heterocycles. The van der Waals surface area contributed by atoms with Gasteiger partial charge in [-0.05, 0) is 13.3 Å².